The van der Waals surface area contributed by atoms with Crippen LogP contribution in [0.15, 0.2) is 69.0 Å². The van der Waals surface area contributed by atoms with Crippen molar-refractivity contribution in [1.29, 1.82) is 0 Å². The van der Waals surface area contributed by atoms with Crippen molar-refractivity contribution in [2.75, 3.05) is 12.4 Å². The number of hydrazone groups is 1. The molecule has 1 heterocycles. The first-order valence-corrected chi connectivity index (χ1v) is 10.6. The van der Waals surface area contributed by atoms with Gasteiger partial charge in [0.1, 0.15) is 12.4 Å². The topological polar surface area (TPSA) is 63.6 Å². The molecule has 0 atom stereocenters. The van der Waals surface area contributed by atoms with Crippen LogP contribution < -0.4 is 10.2 Å². The van der Waals surface area contributed by atoms with E-state index < -0.39 is 0 Å². The highest BCUT2D eigenvalue weighted by Gasteiger charge is 2.07. The lowest BCUT2D eigenvalue weighted by molar-refractivity contribution is -0.118. The van der Waals surface area contributed by atoms with Crippen molar-refractivity contribution in [3.8, 4) is 5.75 Å². The Bertz CT molecular complexity index is 955. The molecule has 0 spiro atoms. The van der Waals surface area contributed by atoms with Crippen molar-refractivity contribution in [2.24, 2.45) is 5.10 Å². The molecule has 0 fully saturated rings. The molecule has 3 rings (SSSR count). The molecule has 0 unspecified atom stereocenters. The first-order chi connectivity index (χ1) is 13.2. The van der Waals surface area contributed by atoms with Gasteiger partial charge in [0.2, 0.25) is 0 Å². The lowest BCUT2D eigenvalue weighted by atomic mass is 10.2. The number of aromatic nitrogens is 1. The molecule has 27 heavy (non-hydrogen) atoms. The zero-order chi connectivity index (χ0) is 19.1. The predicted molar refractivity (Wildman–Crippen MR) is 116 cm³/mol. The molecule has 0 bridgehead atoms. The van der Waals surface area contributed by atoms with Crippen molar-refractivity contribution in [2.45, 2.75) is 4.34 Å². The molecule has 1 N–H and O–H groups in total. The maximum Gasteiger partial charge on any atom is 0.250 e. The van der Waals surface area contributed by atoms with E-state index >= 15 is 0 Å². The van der Waals surface area contributed by atoms with E-state index in [1.807, 2.05) is 42.5 Å². The Morgan fingerprint density at radius 2 is 2.22 bits per heavy atom. The zero-order valence-electron chi connectivity index (χ0n) is 14.2. The average molecular weight is 462 g/mol. The third-order valence-electron chi connectivity index (χ3n) is 3.32. The fourth-order valence-electron chi connectivity index (χ4n) is 2.15. The van der Waals surface area contributed by atoms with Gasteiger partial charge in [-0.3, -0.25) is 4.79 Å². The van der Waals surface area contributed by atoms with E-state index in [0.29, 0.717) is 12.4 Å². The summed E-state index contributed by atoms with van der Waals surface area (Å²) >= 11 is 6.39. The Morgan fingerprint density at radius 3 is 3.04 bits per heavy atom. The van der Waals surface area contributed by atoms with Crippen molar-refractivity contribution in [1.82, 2.24) is 10.4 Å². The van der Waals surface area contributed by atoms with E-state index in [1.54, 1.807) is 23.6 Å². The number of nitrogens with zero attached hydrogens (tertiary/aromatic N) is 2. The second-order valence-corrected chi connectivity index (χ2v) is 8.48. The number of benzene rings is 2. The second kappa shape index (κ2) is 9.68. The van der Waals surface area contributed by atoms with Crippen LogP contribution >= 0.6 is 39.0 Å². The van der Waals surface area contributed by atoms with Crippen molar-refractivity contribution in [3.05, 3.63) is 65.2 Å². The number of rotatable bonds is 8. The molecule has 1 amide bonds. The van der Waals surface area contributed by atoms with Gasteiger partial charge < -0.3 is 4.74 Å². The van der Waals surface area contributed by atoms with E-state index in [9.17, 15) is 4.79 Å². The van der Waals surface area contributed by atoms with Crippen LogP contribution in [0.2, 0.25) is 0 Å². The number of carbonyl (C=O) groups excluding carboxylic acids is 1. The number of amides is 1. The monoisotopic (exact) mass is 461 g/mol. The molecule has 2 aromatic carbocycles. The number of hydrogen-bond donors (Lipinski definition) is 1. The highest BCUT2D eigenvalue weighted by atomic mass is 79.9. The number of thioether (sulfide) groups is 1. The van der Waals surface area contributed by atoms with Gasteiger partial charge in [-0.1, -0.05) is 52.5 Å². The fraction of sp³-hybridized carbons (Fsp3) is 0.105. The normalized spacial score (nSPS) is 11.0. The van der Waals surface area contributed by atoms with Crippen molar-refractivity contribution in [3.63, 3.8) is 0 Å². The number of thiazole rings is 1. The number of nitrogens with one attached hydrogen (secondary N) is 1. The van der Waals surface area contributed by atoms with Crippen LogP contribution in [0.4, 0.5) is 0 Å². The summed E-state index contributed by atoms with van der Waals surface area (Å²) in [7, 11) is 0. The van der Waals surface area contributed by atoms with Gasteiger partial charge in [0.25, 0.3) is 5.91 Å². The van der Waals surface area contributed by atoms with Gasteiger partial charge in [0.05, 0.1) is 22.2 Å². The molecule has 0 aliphatic rings. The van der Waals surface area contributed by atoms with Crippen molar-refractivity contribution >= 4 is 61.4 Å². The van der Waals surface area contributed by atoms with E-state index in [1.165, 1.54) is 11.8 Å². The maximum absolute atomic E-state index is 12.0. The summed E-state index contributed by atoms with van der Waals surface area (Å²) in [6.07, 6.45) is 3.23. The highest BCUT2D eigenvalue weighted by molar-refractivity contribution is 9.10. The maximum atomic E-state index is 12.0. The standard InChI is InChI=1S/C19H16BrN3O2S2/c1-2-9-25-16-8-7-14(20)10-13(16)11-21-23-18(24)12-26-19-22-15-5-3-4-6-17(15)27-19/h2-8,10-11H,1,9,12H2,(H,23,24)/b21-11-. The minimum absolute atomic E-state index is 0.195. The van der Waals surface area contributed by atoms with Crippen LogP contribution in [0.5, 0.6) is 5.75 Å². The molecule has 138 valence electrons. The lowest BCUT2D eigenvalue weighted by Crippen LogP contribution is -2.19. The molecule has 8 heteroatoms. The summed E-state index contributed by atoms with van der Waals surface area (Å²) in [6.45, 7) is 4.03. The van der Waals surface area contributed by atoms with Gasteiger partial charge in [-0.15, -0.1) is 11.3 Å². The van der Waals surface area contributed by atoms with Gasteiger partial charge in [0.15, 0.2) is 4.34 Å². The smallest absolute Gasteiger partial charge is 0.250 e. The predicted octanol–water partition coefficient (Wildman–Crippen LogP) is 4.87. The Hall–Kier alpha value is -2.16. The summed E-state index contributed by atoms with van der Waals surface area (Å²) in [5.74, 6) is 0.717. The lowest BCUT2D eigenvalue weighted by Gasteiger charge is -2.07. The van der Waals surface area contributed by atoms with Crippen molar-refractivity contribution < 1.29 is 9.53 Å². The van der Waals surface area contributed by atoms with Crippen LogP contribution in [0, 0.1) is 0 Å². The van der Waals surface area contributed by atoms with Crippen LogP contribution in [0.25, 0.3) is 10.2 Å². The number of hydrogen-bond acceptors (Lipinski definition) is 6. The van der Waals surface area contributed by atoms with Crippen LogP contribution in [0.3, 0.4) is 0 Å². The summed E-state index contributed by atoms with van der Waals surface area (Å²) in [6, 6.07) is 13.5. The molecule has 0 radical (unpaired) electrons. The van der Waals surface area contributed by atoms with Crippen LogP contribution in [-0.2, 0) is 4.79 Å². The van der Waals surface area contributed by atoms with E-state index in [2.05, 4.69) is 38.0 Å². The minimum atomic E-state index is -0.195. The SMILES string of the molecule is C=CCOc1ccc(Br)cc1/C=N\NC(=O)CSc1nc2ccccc2s1. The molecular weight excluding hydrogens is 446 g/mol. The number of carbonyl (C=O) groups is 1. The summed E-state index contributed by atoms with van der Waals surface area (Å²) in [5.41, 5.74) is 4.24. The number of fused-ring (bicyclic) bond motifs is 1. The van der Waals surface area contributed by atoms with E-state index in [0.717, 1.165) is 24.6 Å². The summed E-state index contributed by atoms with van der Waals surface area (Å²) in [5, 5.41) is 4.02. The number of halogens is 1. The van der Waals surface area contributed by atoms with Gasteiger partial charge in [0, 0.05) is 10.0 Å². The molecule has 0 aliphatic carbocycles. The number of ether oxygens (including phenoxy) is 1. The first-order valence-electron chi connectivity index (χ1n) is 7.99. The first kappa shape index (κ1) is 19.6. The summed E-state index contributed by atoms with van der Waals surface area (Å²) in [4.78, 5) is 16.5. The highest BCUT2D eigenvalue weighted by Crippen LogP contribution is 2.29. The Labute approximate surface area is 173 Å². The Kier molecular flexibility index (Phi) is 7.03. The molecule has 5 nitrogen and oxygen atoms in total. The van der Waals surface area contributed by atoms with Gasteiger partial charge in [-0.25, -0.2) is 10.4 Å². The Balaban J connectivity index is 1.55. The molecule has 0 saturated heterocycles. The molecule has 0 aliphatic heterocycles. The molecule has 3 aromatic rings. The van der Waals surface area contributed by atoms with Gasteiger partial charge in [-0.2, -0.15) is 5.10 Å². The van der Waals surface area contributed by atoms with E-state index in [-0.39, 0.29) is 11.7 Å². The van der Waals surface area contributed by atoms with Gasteiger partial charge >= 0.3 is 0 Å². The largest absolute Gasteiger partial charge is 0.489 e. The molecular formula is C19H16BrN3O2S2. The zero-order valence-corrected chi connectivity index (χ0v) is 17.4. The van der Waals surface area contributed by atoms with E-state index in [4.69, 9.17) is 4.74 Å². The fourth-order valence-corrected chi connectivity index (χ4v) is 4.39. The second-order valence-electron chi connectivity index (χ2n) is 5.31. The Morgan fingerprint density at radius 1 is 1.37 bits per heavy atom. The third-order valence-corrected chi connectivity index (χ3v) is 6.00. The summed E-state index contributed by atoms with van der Waals surface area (Å²) < 4.78 is 8.45. The van der Waals surface area contributed by atoms with Gasteiger partial charge in [-0.05, 0) is 30.3 Å². The average Bonchev–Trinajstić information content (AvgIpc) is 3.09. The van der Waals surface area contributed by atoms with Crippen LogP contribution in [0.1, 0.15) is 5.56 Å². The molecule has 0 saturated carbocycles. The number of para-hydroxylation sites is 1. The molecule has 1 aromatic heterocycles. The minimum Gasteiger partial charge on any atom is -0.489 e. The van der Waals surface area contributed by atoms with Crippen LogP contribution in [-0.4, -0.2) is 29.5 Å². The third kappa shape index (κ3) is 5.66. The quantitative estimate of drug-likeness (QED) is 0.225.